The smallest absolute Gasteiger partial charge is 0.240 e. The number of nitrogens with one attached hydrogen (secondary N) is 2. The molecule has 3 rings (SSSR count). The third-order valence-electron chi connectivity index (χ3n) is 4.40. The minimum Gasteiger partial charge on any atom is -0.354 e. The van der Waals surface area contributed by atoms with Gasteiger partial charge in [0.1, 0.15) is 0 Å². The van der Waals surface area contributed by atoms with Crippen LogP contribution in [0.4, 0.5) is 5.69 Å². The van der Waals surface area contributed by atoms with E-state index in [-0.39, 0.29) is 36.2 Å². The summed E-state index contributed by atoms with van der Waals surface area (Å²) in [6, 6.07) is 15.0. The minimum atomic E-state index is -3.67. The predicted molar refractivity (Wildman–Crippen MR) is 107 cm³/mol. The first-order chi connectivity index (χ1) is 13.4. The molecule has 2 aromatic carbocycles. The number of anilines is 1. The Morgan fingerprint density at radius 1 is 1.07 bits per heavy atom. The van der Waals surface area contributed by atoms with E-state index >= 15 is 0 Å². The molecule has 0 saturated carbocycles. The maximum atomic E-state index is 12.3. The maximum absolute atomic E-state index is 12.3. The zero-order valence-electron chi connectivity index (χ0n) is 15.0. The van der Waals surface area contributed by atoms with Crippen molar-refractivity contribution >= 4 is 39.1 Å². The van der Waals surface area contributed by atoms with Crippen molar-refractivity contribution in [3.05, 3.63) is 59.6 Å². The molecule has 0 unspecified atom stereocenters. The quantitative estimate of drug-likeness (QED) is 0.666. The van der Waals surface area contributed by atoms with Crippen LogP contribution < -0.4 is 14.9 Å². The Kier molecular flexibility index (Phi) is 6.33. The van der Waals surface area contributed by atoms with Crippen molar-refractivity contribution in [3.8, 4) is 0 Å². The first-order valence-electron chi connectivity index (χ1n) is 8.75. The fourth-order valence-corrected chi connectivity index (χ4v) is 4.11. The lowest BCUT2D eigenvalue weighted by molar-refractivity contribution is -0.126. The third-order valence-corrected chi connectivity index (χ3v) is 6.13. The fourth-order valence-electron chi connectivity index (χ4n) is 2.95. The molecule has 2 aromatic rings. The lowest BCUT2D eigenvalue weighted by Crippen LogP contribution is -2.38. The topological polar surface area (TPSA) is 95.6 Å². The van der Waals surface area contributed by atoms with Crippen LogP contribution in [0.2, 0.25) is 5.02 Å². The van der Waals surface area contributed by atoms with Crippen molar-refractivity contribution in [2.24, 2.45) is 5.92 Å². The molecule has 2 N–H and O–H groups in total. The van der Waals surface area contributed by atoms with Gasteiger partial charge in [0, 0.05) is 36.8 Å². The Morgan fingerprint density at radius 3 is 2.43 bits per heavy atom. The molecule has 7 nitrogen and oxygen atoms in total. The van der Waals surface area contributed by atoms with Gasteiger partial charge in [-0.2, -0.15) is 0 Å². The monoisotopic (exact) mass is 421 g/mol. The summed E-state index contributed by atoms with van der Waals surface area (Å²) in [5.41, 5.74) is 0.763. The molecule has 1 heterocycles. The fraction of sp³-hybridized carbons (Fsp3) is 0.263. The summed E-state index contributed by atoms with van der Waals surface area (Å²) in [4.78, 5) is 26.2. The number of rotatable bonds is 7. The van der Waals surface area contributed by atoms with Crippen LogP contribution in [0.25, 0.3) is 0 Å². The highest BCUT2D eigenvalue weighted by atomic mass is 35.5. The molecule has 0 bridgehead atoms. The first-order valence-corrected chi connectivity index (χ1v) is 10.6. The van der Waals surface area contributed by atoms with E-state index in [1.807, 2.05) is 30.3 Å². The highest BCUT2D eigenvalue weighted by Gasteiger charge is 2.34. The van der Waals surface area contributed by atoms with Gasteiger partial charge in [-0.05, 0) is 36.4 Å². The number of carbonyl (C=O) groups is 2. The summed E-state index contributed by atoms with van der Waals surface area (Å²) in [7, 11) is -3.67. The molecular weight excluding hydrogens is 402 g/mol. The molecule has 0 aliphatic carbocycles. The number of carbonyl (C=O) groups excluding carboxylic acids is 2. The average Bonchev–Trinajstić information content (AvgIpc) is 3.08. The van der Waals surface area contributed by atoms with Gasteiger partial charge >= 0.3 is 0 Å². The van der Waals surface area contributed by atoms with Crippen molar-refractivity contribution in [1.82, 2.24) is 10.0 Å². The van der Waals surface area contributed by atoms with Crippen LogP contribution in [-0.2, 0) is 19.6 Å². The van der Waals surface area contributed by atoms with E-state index in [9.17, 15) is 18.0 Å². The van der Waals surface area contributed by atoms with Gasteiger partial charge in [0.15, 0.2) is 0 Å². The van der Waals surface area contributed by atoms with Gasteiger partial charge < -0.3 is 10.2 Å². The van der Waals surface area contributed by atoms with Crippen molar-refractivity contribution < 1.29 is 18.0 Å². The Bertz CT molecular complexity index is 949. The maximum Gasteiger partial charge on any atom is 0.240 e. The summed E-state index contributed by atoms with van der Waals surface area (Å²) in [6.07, 6.45) is 0.136. The summed E-state index contributed by atoms with van der Waals surface area (Å²) >= 11 is 5.76. The van der Waals surface area contributed by atoms with E-state index in [0.29, 0.717) is 11.6 Å². The summed E-state index contributed by atoms with van der Waals surface area (Å²) in [6.45, 7) is 0.479. The second kappa shape index (κ2) is 8.72. The third kappa shape index (κ3) is 4.89. The number of hydrogen-bond acceptors (Lipinski definition) is 4. The number of amides is 2. The van der Waals surface area contributed by atoms with Crippen LogP contribution in [0.5, 0.6) is 0 Å². The molecule has 1 aliphatic heterocycles. The molecular formula is C19H20ClN3O4S. The molecule has 1 fully saturated rings. The van der Waals surface area contributed by atoms with Gasteiger partial charge in [0.2, 0.25) is 21.8 Å². The van der Waals surface area contributed by atoms with Crippen molar-refractivity contribution in [3.63, 3.8) is 0 Å². The highest BCUT2D eigenvalue weighted by molar-refractivity contribution is 7.89. The molecule has 0 radical (unpaired) electrons. The molecule has 1 saturated heterocycles. The minimum absolute atomic E-state index is 0.0414. The second-order valence-electron chi connectivity index (χ2n) is 6.38. The standard InChI is InChI=1S/C19H20ClN3O4S/c20-15-6-8-17(9-7-15)28(26,27)22-11-10-21-19(25)14-12-18(24)23(13-14)16-4-2-1-3-5-16/h1-9,14,22H,10-13H2,(H,21,25)/t14-/m0/s1. The number of para-hydroxylation sites is 1. The van der Waals surface area contributed by atoms with Crippen LogP contribution in [-0.4, -0.2) is 39.9 Å². The van der Waals surface area contributed by atoms with Gasteiger partial charge in [-0.25, -0.2) is 13.1 Å². The zero-order chi connectivity index (χ0) is 20.1. The second-order valence-corrected chi connectivity index (χ2v) is 8.59. The predicted octanol–water partition coefficient (Wildman–Crippen LogP) is 1.79. The van der Waals surface area contributed by atoms with Gasteiger partial charge in [-0.3, -0.25) is 9.59 Å². The Hall–Kier alpha value is -2.42. The first kappa shape index (κ1) is 20.3. The molecule has 2 amide bonds. The van der Waals surface area contributed by atoms with Crippen LogP contribution in [0.3, 0.4) is 0 Å². The molecule has 0 aromatic heterocycles. The van der Waals surface area contributed by atoms with Crippen molar-refractivity contribution in [2.75, 3.05) is 24.5 Å². The van der Waals surface area contributed by atoms with E-state index in [1.54, 1.807) is 4.90 Å². The molecule has 9 heteroatoms. The zero-order valence-corrected chi connectivity index (χ0v) is 16.5. The van der Waals surface area contributed by atoms with Gasteiger partial charge in [-0.15, -0.1) is 0 Å². The van der Waals surface area contributed by atoms with Crippen LogP contribution in [0.1, 0.15) is 6.42 Å². The highest BCUT2D eigenvalue weighted by Crippen LogP contribution is 2.24. The van der Waals surface area contributed by atoms with Gasteiger partial charge in [-0.1, -0.05) is 29.8 Å². The van der Waals surface area contributed by atoms with Crippen LogP contribution in [0.15, 0.2) is 59.5 Å². The van der Waals surface area contributed by atoms with Gasteiger partial charge in [0.05, 0.1) is 10.8 Å². The molecule has 1 aliphatic rings. The molecule has 0 spiro atoms. The van der Waals surface area contributed by atoms with E-state index in [1.165, 1.54) is 24.3 Å². The van der Waals surface area contributed by atoms with E-state index < -0.39 is 15.9 Å². The van der Waals surface area contributed by atoms with Crippen LogP contribution >= 0.6 is 11.6 Å². The lowest BCUT2D eigenvalue weighted by Gasteiger charge is -2.16. The Balaban J connectivity index is 1.47. The van der Waals surface area contributed by atoms with Gasteiger partial charge in [0.25, 0.3) is 0 Å². The summed E-state index contributed by atoms with van der Waals surface area (Å²) in [5.74, 6) is -0.826. The summed E-state index contributed by atoms with van der Waals surface area (Å²) < 4.78 is 26.8. The normalized spacial score (nSPS) is 17.0. The number of hydrogen-bond donors (Lipinski definition) is 2. The number of benzene rings is 2. The van der Waals surface area contributed by atoms with E-state index in [2.05, 4.69) is 10.0 Å². The Labute approximate surface area is 168 Å². The number of halogens is 1. The van der Waals surface area contributed by atoms with Crippen molar-refractivity contribution in [2.45, 2.75) is 11.3 Å². The largest absolute Gasteiger partial charge is 0.354 e. The summed E-state index contributed by atoms with van der Waals surface area (Å²) in [5, 5.41) is 3.13. The number of nitrogens with zero attached hydrogens (tertiary/aromatic N) is 1. The SMILES string of the molecule is O=C(NCCNS(=O)(=O)c1ccc(Cl)cc1)[C@H]1CC(=O)N(c2ccccc2)C1. The van der Waals surface area contributed by atoms with E-state index in [4.69, 9.17) is 11.6 Å². The molecule has 28 heavy (non-hydrogen) atoms. The van der Waals surface area contributed by atoms with E-state index in [0.717, 1.165) is 5.69 Å². The molecule has 1 atom stereocenters. The van der Waals surface area contributed by atoms with Crippen molar-refractivity contribution in [1.29, 1.82) is 0 Å². The molecule has 148 valence electrons. The average molecular weight is 422 g/mol. The Morgan fingerprint density at radius 2 is 1.75 bits per heavy atom. The number of sulfonamides is 1. The lowest BCUT2D eigenvalue weighted by atomic mass is 10.1. The van der Waals surface area contributed by atoms with Crippen LogP contribution in [0, 0.1) is 5.92 Å².